The van der Waals surface area contributed by atoms with Gasteiger partial charge in [0.05, 0.1) is 0 Å². The van der Waals surface area contributed by atoms with Crippen molar-refractivity contribution in [3.8, 4) is 17.2 Å². The molecule has 2 aromatic carbocycles. The molecule has 0 N–H and O–H groups in total. The number of nitrogens with zero attached hydrogens (tertiary/aromatic N) is 1. The summed E-state index contributed by atoms with van der Waals surface area (Å²) in [7, 11) is 1.65. The van der Waals surface area contributed by atoms with Crippen LogP contribution in [0.3, 0.4) is 0 Å². The van der Waals surface area contributed by atoms with E-state index in [1.807, 2.05) is 12.1 Å². The Morgan fingerprint density at radius 3 is 2.56 bits per heavy atom. The molecule has 0 radical (unpaired) electrons. The number of benzene rings is 2. The molecule has 1 atom stereocenters. The summed E-state index contributed by atoms with van der Waals surface area (Å²) in [6, 6.07) is 13.3. The van der Waals surface area contributed by atoms with E-state index in [2.05, 4.69) is 4.74 Å². The predicted octanol–water partition coefficient (Wildman–Crippen LogP) is 3.09. The van der Waals surface area contributed by atoms with Gasteiger partial charge in [-0.15, -0.1) is 0 Å². The second-order valence-electron chi connectivity index (χ2n) is 5.58. The molecule has 1 amide bonds. The molecule has 0 saturated carbocycles. The van der Waals surface area contributed by atoms with E-state index in [1.54, 1.807) is 31.3 Å². The van der Waals surface area contributed by atoms with Gasteiger partial charge in [-0.2, -0.15) is 8.78 Å². The highest BCUT2D eigenvalue weighted by molar-refractivity contribution is 5.81. The molecule has 1 aliphatic heterocycles. The molecule has 132 valence electrons. The zero-order valence-electron chi connectivity index (χ0n) is 13.5. The topological polar surface area (TPSA) is 48.0 Å². The van der Waals surface area contributed by atoms with Gasteiger partial charge in [0.2, 0.25) is 6.10 Å². The first kappa shape index (κ1) is 17.0. The Bertz CT molecular complexity index is 736. The lowest BCUT2D eigenvalue weighted by Gasteiger charge is -2.28. The van der Waals surface area contributed by atoms with Crippen molar-refractivity contribution in [2.75, 3.05) is 13.7 Å². The smallest absolute Gasteiger partial charge is 0.387 e. The van der Waals surface area contributed by atoms with Crippen LogP contribution in [0.25, 0.3) is 0 Å². The number of carbonyl (C=O) groups is 1. The summed E-state index contributed by atoms with van der Waals surface area (Å²) in [6.45, 7) is -2.40. The molecule has 3 rings (SSSR count). The fourth-order valence-corrected chi connectivity index (χ4v) is 2.52. The molecule has 7 heteroatoms. The highest BCUT2D eigenvalue weighted by atomic mass is 19.3. The van der Waals surface area contributed by atoms with Crippen LogP contribution < -0.4 is 14.2 Å². The van der Waals surface area contributed by atoms with Crippen molar-refractivity contribution in [2.45, 2.75) is 19.3 Å². The maximum atomic E-state index is 12.5. The molecule has 0 aromatic heterocycles. The average molecular weight is 349 g/mol. The molecule has 0 saturated heterocycles. The molecule has 0 spiro atoms. The third-order valence-corrected chi connectivity index (χ3v) is 3.73. The number of para-hydroxylation sites is 2. The van der Waals surface area contributed by atoms with Gasteiger partial charge in [-0.1, -0.05) is 24.3 Å². The average Bonchev–Trinajstić information content (AvgIpc) is 2.62. The lowest BCUT2D eigenvalue weighted by Crippen LogP contribution is -2.44. The summed E-state index contributed by atoms with van der Waals surface area (Å²) >= 11 is 0. The van der Waals surface area contributed by atoms with Gasteiger partial charge in [-0.3, -0.25) is 4.79 Å². The van der Waals surface area contributed by atoms with Crippen LogP contribution in [0, 0.1) is 0 Å². The van der Waals surface area contributed by atoms with E-state index in [9.17, 15) is 13.6 Å². The van der Waals surface area contributed by atoms with Gasteiger partial charge in [0.15, 0.2) is 11.5 Å². The molecule has 1 aliphatic rings. The first-order valence-electron chi connectivity index (χ1n) is 7.70. The first-order valence-corrected chi connectivity index (χ1v) is 7.70. The minimum Gasteiger partial charge on any atom is -0.485 e. The van der Waals surface area contributed by atoms with Crippen LogP contribution in [-0.4, -0.2) is 37.2 Å². The van der Waals surface area contributed by atoms with Crippen molar-refractivity contribution in [1.29, 1.82) is 0 Å². The number of likely N-dealkylation sites (N-methyl/N-ethyl adjacent to an activating group) is 1. The van der Waals surface area contributed by atoms with E-state index in [0.717, 1.165) is 5.56 Å². The van der Waals surface area contributed by atoms with Gasteiger partial charge < -0.3 is 19.1 Å². The number of hydrogen-bond donors (Lipinski definition) is 0. The van der Waals surface area contributed by atoms with E-state index in [4.69, 9.17) is 9.47 Å². The number of fused-ring (bicyclic) bond motifs is 1. The zero-order valence-corrected chi connectivity index (χ0v) is 13.5. The first-order chi connectivity index (χ1) is 12.0. The SMILES string of the molecule is CN(Cc1ccc(OC(F)F)cc1)C(=O)[C@@H]1COc2ccccc2O1. The molecule has 0 aliphatic carbocycles. The van der Waals surface area contributed by atoms with Gasteiger partial charge in [0.25, 0.3) is 5.91 Å². The zero-order chi connectivity index (χ0) is 17.8. The lowest BCUT2D eigenvalue weighted by molar-refractivity contribution is -0.140. The van der Waals surface area contributed by atoms with Crippen LogP contribution in [-0.2, 0) is 11.3 Å². The van der Waals surface area contributed by atoms with Crippen LogP contribution in [0.4, 0.5) is 8.78 Å². The quantitative estimate of drug-likeness (QED) is 0.832. The van der Waals surface area contributed by atoms with E-state index >= 15 is 0 Å². The van der Waals surface area contributed by atoms with E-state index < -0.39 is 12.7 Å². The highest BCUT2D eigenvalue weighted by Gasteiger charge is 2.29. The van der Waals surface area contributed by atoms with Crippen LogP contribution in [0.15, 0.2) is 48.5 Å². The minimum atomic E-state index is -2.86. The number of amides is 1. The van der Waals surface area contributed by atoms with Crippen LogP contribution >= 0.6 is 0 Å². The summed E-state index contributed by atoms with van der Waals surface area (Å²) < 4.78 is 39.8. The number of ether oxygens (including phenoxy) is 3. The van der Waals surface area contributed by atoms with Crippen molar-refractivity contribution >= 4 is 5.91 Å². The maximum Gasteiger partial charge on any atom is 0.387 e. The van der Waals surface area contributed by atoms with Gasteiger partial charge in [-0.05, 0) is 29.8 Å². The van der Waals surface area contributed by atoms with Gasteiger partial charge >= 0.3 is 6.61 Å². The highest BCUT2D eigenvalue weighted by Crippen LogP contribution is 2.31. The van der Waals surface area contributed by atoms with Crippen molar-refractivity contribution in [2.24, 2.45) is 0 Å². The standard InChI is InChI=1S/C18H17F2NO4/c1-21(10-12-6-8-13(9-7-12)24-18(19)20)17(22)16-11-23-14-4-2-3-5-15(14)25-16/h2-9,16,18H,10-11H2,1H3/t16-/m0/s1. The maximum absolute atomic E-state index is 12.5. The molecule has 0 unspecified atom stereocenters. The summed E-state index contributed by atoms with van der Waals surface area (Å²) in [4.78, 5) is 14.0. The molecule has 0 fully saturated rings. The molecule has 0 bridgehead atoms. The molecule has 25 heavy (non-hydrogen) atoms. The summed E-state index contributed by atoms with van der Waals surface area (Å²) in [5.41, 5.74) is 0.787. The van der Waals surface area contributed by atoms with Crippen LogP contribution in [0.1, 0.15) is 5.56 Å². The lowest BCUT2D eigenvalue weighted by atomic mass is 10.2. The summed E-state index contributed by atoms with van der Waals surface area (Å²) in [6.07, 6.45) is -0.721. The Hall–Kier alpha value is -2.83. The number of alkyl halides is 2. The fraction of sp³-hybridized carbons (Fsp3) is 0.278. The van der Waals surface area contributed by atoms with E-state index in [0.29, 0.717) is 18.0 Å². The Morgan fingerprint density at radius 1 is 1.20 bits per heavy atom. The molecule has 1 heterocycles. The fourth-order valence-electron chi connectivity index (χ4n) is 2.52. The van der Waals surface area contributed by atoms with Crippen molar-refractivity contribution in [3.63, 3.8) is 0 Å². The van der Waals surface area contributed by atoms with Gasteiger partial charge in [0.1, 0.15) is 12.4 Å². The molecular formula is C18H17F2NO4. The monoisotopic (exact) mass is 349 g/mol. The Morgan fingerprint density at radius 2 is 1.88 bits per heavy atom. The number of hydrogen-bond acceptors (Lipinski definition) is 4. The minimum absolute atomic E-state index is 0.0772. The van der Waals surface area contributed by atoms with Gasteiger partial charge in [0, 0.05) is 13.6 Å². The molecular weight excluding hydrogens is 332 g/mol. The predicted molar refractivity (Wildman–Crippen MR) is 85.9 cm³/mol. The summed E-state index contributed by atoms with van der Waals surface area (Å²) in [5.74, 6) is 1.01. The normalized spacial score (nSPS) is 15.8. The van der Waals surface area contributed by atoms with Crippen LogP contribution in [0.2, 0.25) is 0 Å². The van der Waals surface area contributed by atoms with Crippen molar-refractivity contribution in [3.05, 3.63) is 54.1 Å². The van der Waals surface area contributed by atoms with Crippen molar-refractivity contribution in [1.82, 2.24) is 4.90 Å². The number of halogens is 2. The van der Waals surface area contributed by atoms with Crippen LogP contribution in [0.5, 0.6) is 17.2 Å². The second-order valence-corrected chi connectivity index (χ2v) is 5.58. The molecule has 2 aromatic rings. The molecule has 5 nitrogen and oxygen atoms in total. The number of rotatable bonds is 5. The number of carbonyl (C=O) groups excluding carboxylic acids is 1. The van der Waals surface area contributed by atoms with Gasteiger partial charge in [-0.25, -0.2) is 0 Å². The van der Waals surface area contributed by atoms with E-state index in [1.165, 1.54) is 17.0 Å². The third kappa shape index (κ3) is 4.17. The Kier molecular flexibility index (Phi) is 5.02. The Balaban J connectivity index is 1.59. The Labute approximate surface area is 143 Å². The third-order valence-electron chi connectivity index (χ3n) is 3.73. The summed E-state index contributed by atoms with van der Waals surface area (Å²) in [5, 5.41) is 0. The van der Waals surface area contributed by atoms with Crippen molar-refractivity contribution < 1.29 is 27.8 Å². The largest absolute Gasteiger partial charge is 0.485 e. The second kappa shape index (κ2) is 7.38. The van der Waals surface area contributed by atoms with E-state index in [-0.39, 0.29) is 18.3 Å².